The Morgan fingerprint density at radius 2 is 1.34 bits per heavy atom. The van der Waals surface area contributed by atoms with Gasteiger partial charge in [-0.25, -0.2) is 4.99 Å². The summed E-state index contributed by atoms with van der Waals surface area (Å²) >= 11 is 0. The van der Waals surface area contributed by atoms with Crippen molar-refractivity contribution < 1.29 is 14.6 Å². The molecule has 0 saturated carbocycles. The van der Waals surface area contributed by atoms with Gasteiger partial charge in [-0.1, -0.05) is 78.9 Å². The molecule has 146 valence electrons. The molecule has 4 rings (SSSR count). The zero-order valence-corrected chi connectivity index (χ0v) is 16.1. The Balaban J connectivity index is 1.87. The van der Waals surface area contributed by atoms with E-state index < -0.39 is 5.54 Å². The van der Waals surface area contributed by atoms with Gasteiger partial charge in [0.1, 0.15) is 23.8 Å². The van der Waals surface area contributed by atoms with Gasteiger partial charge in [0.05, 0.1) is 0 Å². The summed E-state index contributed by atoms with van der Waals surface area (Å²) in [7, 11) is 0. The smallest absolute Gasteiger partial charge is 0.228 e. The lowest BCUT2D eigenvalue weighted by Crippen LogP contribution is -2.33. The third-order valence-electron chi connectivity index (χ3n) is 4.99. The molecule has 0 aliphatic carbocycles. The summed E-state index contributed by atoms with van der Waals surface area (Å²) < 4.78 is 11.0. The molecule has 1 aliphatic rings. The zero-order valence-electron chi connectivity index (χ0n) is 16.1. The SMILES string of the molecule is Oc1ccccc1C(Cc1ccccc1)(Cc1ccccc1)N=C1COC=CO1. The summed E-state index contributed by atoms with van der Waals surface area (Å²) in [5.74, 6) is 0.707. The Hall–Kier alpha value is -3.53. The molecule has 3 aromatic rings. The Kier molecular flexibility index (Phi) is 5.61. The molecule has 4 nitrogen and oxygen atoms in total. The lowest BCUT2D eigenvalue weighted by molar-refractivity contribution is 0.229. The van der Waals surface area contributed by atoms with Gasteiger partial charge in [0.2, 0.25) is 5.90 Å². The number of rotatable bonds is 6. The molecule has 0 bridgehead atoms. The number of phenolic OH excluding ortho intramolecular Hbond substituents is 1. The number of nitrogens with zero attached hydrogens (tertiary/aromatic N) is 1. The fourth-order valence-electron chi connectivity index (χ4n) is 3.72. The summed E-state index contributed by atoms with van der Waals surface area (Å²) in [6.45, 7) is 0.259. The molecule has 0 saturated heterocycles. The molecule has 0 amide bonds. The van der Waals surface area contributed by atoms with Crippen LogP contribution in [0.2, 0.25) is 0 Å². The van der Waals surface area contributed by atoms with Gasteiger partial charge in [0, 0.05) is 18.4 Å². The van der Waals surface area contributed by atoms with Crippen molar-refractivity contribution in [1.82, 2.24) is 0 Å². The van der Waals surface area contributed by atoms with Crippen LogP contribution in [0.3, 0.4) is 0 Å². The summed E-state index contributed by atoms with van der Waals surface area (Å²) in [6, 6.07) is 27.8. The van der Waals surface area contributed by atoms with Gasteiger partial charge < -0.3 is 14.6 Å². The van der Waals surface area contributed by atoms with E-state index in [0.717, 1.165) is 16.7 Å². The van der Waals surface area contributed by atoms with Crippen molar-refractivity contribution in [3.05, 3.63) is 114 Å². The quantitative estimate of drug-likeness (QED) is 0.650. The Morgan fingerprint density at radius 3 is 1.90 bits per heavy atom. The maximum atomic E-state index is 10.8. The average Bonchev–Trinajstić information content (AvgIpc) is 2.76. The first kappa shape index (κ1) is 18.8. The van der Waals surface area contributed by atoms with Crippen molar-refractivity contribution in [2.75, 3.05) is 6.61 Å². The lowest BCUT2D eigenvalue weighted by Gasteiger charge is -2.32. The van der Waals surface area contributed by atoms with Crippen molar-refractivity contribution in [2.45, 2.75) is 18.4 Å². The number of ether oxygens (including phenoxy) is 2. The number of hydrogen-bond acceptors (Lipinski definition) is 4. The third kappa shape index (κ3) is 4.49. The number of aliphatic imine (C=N–C) groups is 1. The van der Waals surface area contributed by atoms with Gasteiger partial charge in [0.15, 0.2) is 6.61 Å². The number of hydrogen-bond donors (Lipinski definition) is 1. The standard InChI is InChI=1S/C25H23NO3/c27-23-14-8-7-13-22(23)25(17-20-9-3-1-4-10-20,18-21-11-5-2-6-12-21)26-24-19-28-15-16-29-24/h1-16,27H,17-19H2. The van der Waals surface area contributed by atoms with E-state index >= 15 is 0 Å². The summed E-state index contributed by atoms with van der Waals surface area (Å²) in [5.41, 5.74) is 2.27. The molecule has 0 radical (unpaired) electrons. The molecule has 0 atom stereocenters. The Bertz CT molecular complexity index is 955. The summed E-state index contributed by atoms with van der Waals surface area (Å²) in [5, 5.41) is 10.8. The van der Waals surface area contributed by atoms with E-state index in [-0.39, 0.29) is 12.4 Å². The highest BCUT2D eigenvalue weighted by Gasteiger charge is 2.36. The number of benzene rings is 3. The van der Waals surface area contributed by atoms with Crippen molar-refractivity contribution in [1.29, 1.82) is 0 Å². The molecule has 1 N–H and O–H groups in total. The van der Waals surface area contributed by atoms with Crippen LogP contribution in [0.1, 0.15) is 16.7 Å². The fraction of sp³-hybridized carbons (Fsp3) is 0.160. The van der Waals surface area contributed by atoms with Crippen molar-refractivity contribution in [2.24, 2.45) is 4.99 Å². The van der Waals surface area contributed by atoms with Gasteiger partial charge in [-0.05, 0) is 17.2 Å². The third-order valence-corrected chi connectivity index (χ3v) is 4.99. The van der Waals surface area contributed by atoms with Crippen molar-refractivity contribution in [3.8, 4) is 5.75 Å². The molecule has 1 aliphatic heterocycles. The minimum Gasteiger partial charge on any atom is -0.508 e. The molecule has 4 heteroatoms. The predicted molar refractivity (Wildman–Crippen MR) is 114 cm³/mol. The zero-order chi connectivity index (χ0) is 19.9. The molecular formula is C25H23NO3. The van der Waals surface area contributed by atoms with Crippen molar-refractivity contribution >= 4 is 5.90 Å². The maximum absolute atomic E-state index is 10.8. The maximum Gasteiger partial charge on any atom is 0.228 e. The van der Waals surface area contributed by atoms with Crippen LogP contribution < -0.4 is 0 Å². The number of phenols is 1. The second-order valence-electron chi connectivity index (χ2n) is 7.08. The molecule has 0 aromatic heterocycles. The fourth-order valence-corrected chi connectivity index (χ4v) is 3.72. The highest BCUT2D eigenvalue weighted by Crippen LogP contribution is 2.39. The van der Waals surface area contributed by atoms with Crippen LogP contribution in [0.5, 0.6) is 5.75 Å². The van der Waals surface area contributed by atoms with Crippen LogP contribution in [0.15, 0.2) is 102 Å². The topological polar surface area (TPSA) is 51.1 Å². The van der Waals surface area contributed by atoms with Gasteiger partial charge in [-0.3, -0.25) is 0 Å². The van der Waals surface area contributed by atoms with E-state index in [1.54, 1.807) is 6.07 Å². The van der Waals surface area contributed by atoms with E-state index in [0.29, 0.717) is 18.7 Å². The first-order valence-corrected chi connectivity index (χ1v) is 9.63. The molecule has 0 fully saturated rings. The second kappa shape index (κ2) is 8.65. The van der Waals surface area contributed by atoms with Gasteiger partial charge in [0.25, 0.3) is 0 Å². The molecule has 29 heavy (non-hydrogen) atoms. The largest absolute Gasteiger partial charge is 0.508 e. The highest BCUT2D eigenvalue weighted by atomic mass is 16.6. The Labute approximate surface area is 170 Å². The molecule has 1 heterocycles. The molecular weight excluding hydrogens is 362 g/mol. The van der Waals surface area contributed by atoms with Crippen LogP contribution in [0.4, 0.5) is 0 Å². The van der Waals surface area contributed by atoms with E-state index in [4.69, 9.17) is 14.5 Å². The monoisotopic (exact) mass is 385 g/mol. The number of aromatic hydroxyl groups is 1. The second-order valence-corrected chi connectivity index (χ2v) is 7.08. The van der Waals surface area contributed by atoms with Crippen LogP contribution >= 0.6 is 0 Å². The first-order valence-electron chi connectivity index (χ1n) is 9.63. The normalized spacial score (nSPS) is 15.0. The molecule has 3 aromatic carbocycles. The van der Waals surface area contributed by atoms with E-state index in [9.17, 15) is 5.11 Å². The summed E-state index contributed by atoms with van der Waals surface area (Å²) in [4.78, 5) is 5.05. The van der Waals surface area contributed by atoms with Crippen LogP contribution in [0.25, 0.3) is 0 Å². The minimum absolute atomic E-state index is 0.219. The van der Waals surface area contributed by atoms with E-state index in [1.807, 2.05) is 54.6 Å². The van der Waals surface area contributed by atoms with Gasteiger partial charge >= 0.3 is 0 Å². The molecule has 0 spiro atoms. The molecule has 0 unspecified atom stereocenters. The van der Waals surface area contributed by atoms with Crippen LogP contribution in [-0.4, -0.2) is 17.6 Å². The van der Waals surface area contributed by atoms with Gasteiger partial charge in [-0.15, -0.1) is 0 Å². The van der Waals surface area contributed by atoms with Crippen LogP contribution in [0, 0.1) is 0 Å². The lowest BCUT2D eigenvalue weighted by atomic mass is 9.79. The summed E-state index contributed by atoms with van der Waals surface area (Å²) in [6.07, 6.45) is 4.21. The predicted octanol–water partition coefficient (Wildman–Crippen LogP) is 4.99. The van der Waals surface area contributed by atoms with Gasteiger partial charge in [-0.2, -0.15) is 0 Å². The van der Waals surface area contributed by atoms with E-state index in [1.165, 1.54) is 12.5 Å². The average molecular weight is 385 g/mol. The first-order chi connectivity index (χ1) is 14.3. The Morgan fingerprint density at radius 1 is 0.759 bits per heavy atom. The highest BCUT2D eigenvalue weighted by molar-refractivity contribution is 5.79. The van der Waals surface area contributed by atoms with Crippen molar-refractivity contribution in [3.63, 3.8) is 0 Å². The van der Waals surface area contributed by atoms with E-state index in [2.05, 4.69) is 24.3 Å². The minimum atomic E-state index is -0.752. The van der Waals surface area contributed by atoms with Crippen LogP contribution in [-0.2, 0) is 27.9 Å². The number of para-hydroxylation sites is 1.